The lowest BCUT2D eigenvalue weighted by molar-refractivity contribution is -0.127. The summed E-state index contributed by atoms with van der Waals surface area (Å²) in [6, 6.07) is 1.60. The normalized spacial score (nSPS) is 22.6. The molecule has 36 heavy (non-hydrogen) atoms. The third-order valence-electron chi connectivity index (χ3n) is 7.62. The number of pyridine rings is 1. The molecule has 4 N–H and O–H groups in total. The Bertz CT molecular complexity index is 936. The summed E-state index contributed by atoms with van der Waals surface area (Å²) in [7, 11) is 1.46. The summed E-state index contributed by atoms with van der Waals surface area (Å²) in [5, 5.41) is 6.72. The highest BCUT2D eigenvalue weighted by atomic mass is 35.5. The highest BCUT2D eigenvalue weighted by Crippen LogP contribution is 2.26. The van der Waals surface area contributed by atoms with Crippen LogP contribution >= 0.6 is 11.6 Å². The SMILES string of the molecule is COc1nc(N)c(Cl)cc1C(=O)NC1CCN(CC2CCN(C(=O)/C=C/C3CCCNC3)CC2)CC1. The number of nitrogen functional groups attached to an aromatic ring is 1. The van der Waals surface area contributed by atoms with Crippen molar-refractivity contribution in [3.05, 3.63) is 28.8 Å². The Balaban J connectivity index is 1.17. The molecule has 0 aliphatic carbocycles. The van der Waals surface area contributed by atoms with Gasteiger partial charge < -0.3 is 30.9 Å². The molecular weight excluding hydrogens is 480 g/mol. The quantitative estimate of drug-likeness (QED) is 0.475. The largest absolute Gasteiger partial charge is 0.480 e. The first-order chi connectivity index (χ1) is 17.4. The lowest BCUT2D eigenvalue weighted by atomic mass is 9.94. The minimum Gasteiger partial charge on any atom is -0.480 e. The van der Waals surface area contributed by atoms with E-state index < -0.39 is 0 Å². The Kier molecular flexibility index (Phi) is 9.45. The van der Waals surface area contributed by atoms with E-state index in [2.05, 4.69) is 26.6 Å². The number of carbonyl (C=O) groups excluding carboxylic acids is 2. The molecule has 198 valence electrons. The second-order valence-electron chi connectivity index (χ2n) is 10.2. The number of nitrogens with two attached hydrogens (primary N) is 1. The van der Waals surface area contributed by atoms with Gasteiger partial charge in [-0.3, -0.25) is 9.59 Å². The molecule has 0 aromatic carbocycles. The second kappa shape index (κ2) is 12.7. The van der Waals surface area contributed by atoms with Crippen LogP contribution in [0, 0.1) is 11.8 Å². The Hall–Kier alpha value is -2.36. The van der Waals surface area contributed by atoms with Crippen LogP contribution in [0.2, 0.25) is 5.02 Å². The molecular formula is C26H39ClN6O3. The third kappa shape index (κ3) is 7.11. The first-order valence-electron chi connectivity index (χ1n) is 13.1. The molecule has 3 fully saturated rings. The maximum atomic E-state index is 12.8. The number of hydrogen-bond acceptors (Lipinski definition) is 7. The molecule has 0 radical (unpaired) electrons. The number of halogens is 1. The average Bonchev–Trinajstić information content (AvgIpc) is 2.90. The molecule has 0 spiro atoms. The van der Waals surface area contributed by atoms with Gasteiger partial charge in [0.15, 0.2) is 0 Å². The number of rotatable bonds is 7. The molecule has 3 aliphatic rings. The van der Waals surface area contributed by atoms with Crippen molar-refractivity contribution < 1.29 is 14.3 Å². The van der Waals surface area contributed by atoms with Crippen molar-refractivity contribution in [1.29, 1.82) is 0 Å². The van der Waals surface area contributed by atoms with Gasteiger partial charge in [-0.15, -0.1) is 0 Å². The predicted molar refractivity (Wildman–Crippen MR) is 141 cm³/mol. The van der Waals surface area contributed by atoms with E-state index in [-0.39, 0.29) is 34.6 Å². The van der Waals surface area contributed by atoms with Crippen molar-refractivity contribution in [2.45, 2.75) is 44.6 Å². The molecule has 3 saturated heterocycles. The fourth-order valence-corrected chi connectivity index (χ4v) is 5.55. The molecule has 9 nitrogen and oxygen atoms in total. The van der Waals surface area contributed by atoms with E-state index in [0.29, 0.717) is 17.4 Å². The monoisotopic (exact) mass is 518 g/mol. The Morgan fingerprint density at radius 3 is 2.64 bits per heavy atom. The zero-order valence-corrected chi connectivity index (χ0v) is 21.9. The summed E-state index contributed by atoms with van der Waals surface area (Å²) < 4.78 is 5.21. The number of amides is 2. The molecule has 1 aromatic rings. The van der Waals surface area contributed by atoms with Crippen molar-refractivity contribution in [1.82, 2.24) is 25.4 Å². The van der Waals surface area contributed by atoms with Gasteiger partial charge in [0.1, 0.15) is 11.4 Å². The van der Waals surface area contributed by atoms with Gasteiger partial charge in [-0.2, -0.15) is 4.98 Å². The lowest BCUT2D eigenvalue weighted by Gasteiger charge is -2.37. The number of aromatic nitrogens is 1. The van der Waals surface area contributed by atoms with Crippen LogP contribution in [0.25, 0.3) is 0 Å². The summed E-state index contributed by atoms with van der Waals surface area (Å²) in [6.45, 7) is 6.68. The number of carbonyl (C=O) groups is 2. The van der Waals surface area contributed by atoms with Crippen LogP contribution in [0.3, 0.4) is 0 Å². The molecule has 1 atom stereocenters. The van der Waals surface area contributed by atoms with Crippen LogP contribution in [0.1, 0.15) is 48.9 Å². The highest BCUT2D eigenvalue weighted by Gasteiger charge is 2.27. The number of hydrogen-bond donors (Lipinski definition) is 3. The minimum atomic E-state index is -0.245. The van der Waals surface area contributed by atoms with Crippen molar-refractivity contribution in [3.63, 3.8) is 0 Å². The minimum absolute atomic E-state index is 0.0976. The van der Waals surface area contributed by atoms with Crippen molar-refractivity contribution >= 4 is 29.2 Å². The topological polar surface area (TPSA) is 113 Å². The molecule has 4 rings (SSSR count). The molecule has 10 heteroatoms. The van der Waals surface area contributed by atoms with E-state index in [4.69, 9.17) is 22.1 Å². The summed E-state index contributed by atoms with van der Waals surface area (Å²) in [4.78, 5) is 33.9. The van der Waals surface area contributed by atoms with Gasteiger partial charge in [0, 0.05) is 45.3 Å². The van der Waals surface area contributed by atoms with Gasteiger partial charge in [-0.25, -0.2) is 0 Å². The Labute approximate surface area is 218 Å². The summed E-state index contributed by atoms with van der Waals surface area (Å²) in [5.41, 5.74) is 6.02. The van der Waals surface area contributed by atoms with E-state index in [1.807, 2.05) is 4.90 Å². The summed E-state index contributed by atoms with van der Waals surface area (Å²) >= 11 is 6.06. The standard InChI is InChI=1S/C26H39ClN6O3/c1-36-26-21(15-22(27)24(28)31-26)25(35)30-20-8-11-32(12-9-20)17-19-6-13-33(14-7-19)23(34)5-4-18-3-2-10-29-16-18/h4-5,15,18-20,29H,2-3,6-14,16-17H2,1H3,(H2,28,31)(H,30,35)/b5-4+. The van der Waals surface area contributed by atoms with E-state index in [9.17, 15) is 9.59 Å². The Morgan fingerprint density at radius 2 is 1.97 bits per heavy atom. The number of ether oxygens (including phenoxy) is 1. The number of nitrogens with one attached hydrogen (secondary N) is 2. The van der Waals surface area contributed by atoms with Gasteiger partial charge >= 0.3 is 0 Å². The van der Waals surface area contributed by atoms with Gasteiger partial charge in [-0.1, -0.05) is 17.7 Å². The van der Waals surface area contributed by atoms with Crippen LogP contribution in [0.4, 0.5) is 5.82 Å². The molecule has 0 bridgehead atoms. The first-order valence-corrected chi connectivity index (χ1v) is 13.5. The van der Waals surface area contributed by atoms with Crippen LogP contribution in [0.15, 0.2) is 18.2 Å². The number of piperidine rings is 3. The maximum absolute atomic E-state index is 12.8. The van der Waals surface area contributed by atoms with Crippen molar-refractivity contribution in [2.24, 2.45) is 11.8 Å². The highest BCUT2D eigenvalue weighted by molar-refractivity contribution is 6.33. The summed E-state index contributed by atoms with van der Waals surface area (Å²) in [5.74, 6) is 1.32. The lowest BCUT2D eigenvalue weighted by Crippen LogP contribution is -2.47. The summed E-state index contributed by atoms with van der Waals surface area (Å²) in [6.07, 6.45) is 10.1. The van der Waals surface area contributed by atoms with Gasteiger partial charge in [0.25, 0.3) is 5.91 Å². The van der Waals surface area contributed by atoms with Crippen LogP contribution in [-0.4, -0.2) is 85.6 Å². The molecule has 4 heterocycles. The fraction of sp³-hybridized carbons (Fsp3) is 0.654. The third-order valence-corrected chi connectivity index (χ3v) is 7.92. The van der Waals surface area contributed by atoms with Crippen LogP contribution in [0.5, 0.6) is 5.88 Å². The predicted octanol–water partition coefficient (Wildman–Crippen LogP) is 2.31. The van der Waals surface area contributed by atoms with E-state index in [0.717, 1.165) is 71.5 Å². The van der Waals surface area contributed by atoms with Gasteiger partial charge in [0.05, 0.1) is 12.1 Å². The average molecular weight is 519 g/mol. The Morgan fingerprint density at radius 1 is 1.22 bits per heavy atom. The zero-order valence-electron chi connectivity index (χ0n) is 21.2. The van der Waals surface area contributed by atoms with Crippen molar-refractivity contribution in [2.75, 3.05) is 58.7 Å². The zero-order chi connectivity index (χ0) is 25.5. The van der Waals surface area contributed by atoms with E-state index in [1.165, 1.54) is 26.0 Å². The van der Waals surface area contributed by atoms with Crippen LogP contribution < -0.4 is 21.1 Å². The van der Waals surface area contributed by atoms with E-state index in [1.54, 1.807) is 6.08 Å². The smallest absolute Gasteiger partial charge is 0.257 e. The molecule has 1 unspecified atom stereocenters. The number of anilines is 1. The second-order valence-corrected chi connectivity index (χ2v) is 10.6. The molecule has 2 amide bonds. The van der Waals surface area contributed by atoms with Gasteiger partial charge in [0.2, 0.25) is 11.8 Å². The first kappa shape index (κ1) is 26.7. The molecule has 3 aliphatic heterocycles. The van der Waals surface area contributed by atoms with Crippen LogP contribution in [-0.2, 0) is 4.79 Å². The van der Waals surface area contributed by atoms with E-state index >= 15 is 0 Å². The van der Waals surface area contributed by atoms with Crippen molar-refractivity contribution in [3.8, 4) is 5.88 Å². The molecule has 0 saturated carbocycles. The maximum Gasteiger partial charge on any atom is 0.257 e. The van der Waals surface area contributed by atoms with Gasteiger partial charge in [-0.05, 0) is 69.0 Å². The number of methoxy groups -OCH3 is 1. The number of nitrogens with zero attached hydrogens (tertiary/aromatic N) is 3. The number of likely N-dealkylation sites (tertiary alicyclic amines) is 2. The molecule has 1 aromatic heterocycles. The fourth-order valence-electron chi connectivity index (χ4n) is 5.39.